The summed E-state index contributed by atoms with van der Waals surface area (Å²) in [6, 6.07) is 1.51. The minimum absolute atomic E-state index is 0.135. The highest BCUT2D eigenvalue weighted by Gasteiger charge is 2.28. The number of aliphatic hydroxyl groups is 1. The fourth-order valence-corrected chi connectivity index (χ4v) is 3.61. The number of nitro groups is 1. The maximum absolute atomic E-state index is 11.1. The van der Waals surface area contributed by atoms with Crippen molar-refractivity contribution in [2.24, 2.45) is 5.92 Å². The molecular weight excluding hydrogens is 264 g/mol. The average molecular weight is 284 g/mol. The minimum atomic E-state index is -0.648. The van der Waals surface area contributed by atoms with Crippen LogP contribution in [0.25, 0.3) is 0 Å². The van der Waals surface area contributed by atoms with E-state index in [2.05, 4.69) is 11.8 Å². The summed E-state index contributed by atoms with van der Waals surface area (Å²) in [6.07, 6.45) is 2.72. The molecule has 0 spiro atoms. The lowest BCUT2D eigenvalue weighted by atomic mass is 9.94. The molecule has 1 N–H and O–H groups in total. The summed E-state index contributed by atoms with van der Waals surface area (Å²) in [5.74, 6) is 0.742. The molecule has 19 heavy (non-hydrogen) atoms. The van der Waals surface area contributed by atoms with Crippen LogP contribution in [0.1, 0.15) is 44.1 Å². The van der Waals surface area contributed by atoms with E-state index in [1.807, 2.05) is 0 Å². The lowest BCUT2D eigenvalue weighted by Crippen LogP contribution is -2.33. The molecule has 6 heteroatoms. The molecule has 0 saturated carbocycles. The Balaban J connectivity index is 2.21. The van der Waals surface area contributed by atoms with Gasteiger partial charge in [0.05, 0.1) is 11.0 Å². The first-order valence-electron chi connectivity index (χ1n) is 6.74. The van der Waals surface area contributed by atoms with Crippen LogP contribution in [0, 0.1) is 16.0 Å². The highest BCUT2D eigenvalue weighted by Crippen LogP contribution is 2.41. The fourth-order valence-electron chi connectivity index (χ4n) is 2.50. The van der Waals surface area contributed by atoms with Gasteiger partial charge >= 0.3 is 5.69 Å². The first kappa shape index (κ1) is 14.3. The predicted octanol–water partition coefficient (Wildman–Crippen LogP) is 3.34. The maximum Gasteiger partial charge on any atom is 0.304 e. The van der Waals surface area contributed by atoms with Crippen LogP contribution < -0.4 is 4.90 Å². The Morgan fingerprint density at radius 3 is 2.68 bits per heavy atom. The molecule has 1 fully saturated rings. The second-order valence-corrected chi connectivity index (χ2v) is 6.17. The normalized spacial score (nSPS) is 18.6. The number of rotatable bonds is 4. The highest BCUT2D eigenvalue weighted by atomic mass is 32.1. The summed E-state index contributed by atoms with van der Waals surface area (Å²) in [4.78, 5) is 13.5. The third-order valence-electron chi connectivity index (χ3n) is 3.80. The van der Waals surface area contributed by atoms with Gasteiger partial charge in [-0.2, -0.15) is 0 Å². The van der Waals surface area contributed by atoms with Crippen molar-refractivity contribution >= 4 is 22.0 Å². The largest absolute Gasteiger partial charge is 0.388 e. The van der Waals surface area contributed by atoms with E-state index in [1.165, 1.54) is 23.8 Å². The highest BCUT2D eigenvalue weighted by molar-refractivity contribution is 7.16. The molecule has 0 aliphatic carbocycles. The molecule has 0 bridgehead atoms. The Morgan fingerprint density at radius 1 is 1.58 bits per heavy atom. The molecule has 106 valence electrons. The van der Waals surface area contributed by atoms with Gasteiger partial charge in [0, 0.05) is 24.0 Å². The molecule has 0 radical (unpaired) electrons. The molecule has 5 nitrogen and oxygen atoms in total. The van der Waals surface area contributed by atoms with E-state index in [1.54, 1.807) is 6.92 Å². The van der Waals surface area contributed by atoms with Crippen LogP contribution >= 0.6 is 11.3 Å². The Kier molecular flexibility index (Phi) is 4.42. The molecule has 0 unspecified atom stereocenters. The van der Waals surface area contributed by atoms with Crippen molar-refractivity contribution < 1.29 is 10.0 Å². The molecule has 0 amide bonds. The monoisotopic (exact) mass is 284 g/mol. The number of thiophene rings is 1. The molecule has 1 saturated heterocycles. The van der Waals surface area contributed by atoms with Gasteiger partial charge in [-0.15, -0.1) is 11.3 Å². The van der Waals surface area contributed by atoms with Crippen LogP contribution in [0.3, 0.4) is 0 Å². The van der Waals surface area contributed by atoms with Gasteiger partial charge in [0.25, 0.3) is 0 Å². The van der Waals surface area contributed by atoms with Crippen molar-refractivity contribution in [1.82, 2.24) is 0 Å². The van der Waals surface area contributed by atoms with Crippen LogP contribution in [0.4, 0.5) is 10.7 Å². The van der Waals surface area contributed by atoms with Gasteiger partial charge in [0.2, 0.25) is 0 Å². The van der Waals surface area contributed by atoms with Crippen molar-refractivity contribution in [2.45, 2.75) is 39.2 Å². The fraction of sp³-hybridized carbons (Fsp3) is 0.692. The third kappa shape index (κ3) is 3.06. The zero-order chi connectivity index (χ0) is 14.0. The average Bonchev–Trinajstić information content (AvgIpc) is 2.84. The molecule has 1 aliphatic heterocycles. The number of nitrogens with zero attached hydrogens (tertiary/aromatic N) is 2. The lowest BCUT2D eigenvalue weighted by molar-refractivity contribution is -0.383. The van der Waals surface area contributed by atoms with Gasteiger partial charge in [-0.25, -0.2) is 0 Å². The standard InChI is InChI=1S/C13H20N2O3S/c1-3-10-4-6-14(7-5-10)13-11(15(17)18)8-12(19-13)9(2)16/h8-10,16H,3-7H2,1-2H3/t9-/m1/s1. The van der Waals surface area contributed by atoms with Crippen LogP contribution in [0.15, 0.2) is 6.07 Å². The van der Waals surface area contributed by atoms with Gasteiger partial charge in [-0.1, -0.05) is 13.3 Å². The Morgan fingerprint density at radius 2 is 2.21 bits per heavy atom. The second kappa shape index (κ2) is 5.88. The van der Waals surface area contributed by atoms with Crippen LogP contribution in [-0.4, -0.2) is 23.1 Å². The number of anilines is 1. The summed E-state index contributed by atoms with van der Waals surface area (Å²) in [6.45, 7) is 5.58. The smallest absolute Gasteiger partial charge is 0.304 e. The van der Waals surface area contributed by atoms with Crippen molar-refractivity contribution in [3.8, 4) is 0 Å². The SMILES string of the molecule is CCC1CCN(c2sc([C@@H](C)O)cc2[N+](=O)[O-])CC1. The number of hydrogen-bond acceptors (Lipinski definition) is 5. The van der Waals surface area contributed by atoms with Gasteiger partial charge in [0.15, 0.2) is 5.00 Å². The quantitative estimate of drug-likeness (QED) is 0.680. The van der Waals surface area contributed by atoms with Crippen molar-refractivity contribution in [2.75, 3.05) is 18.0 Å². The first-order chi connectivity index (χ1) is 9.02. The van der Waals surface area contributed by atoms with Gasteiger partial charge in [-0.05, 0) is 25.7 Å². The zero-order valence-electron chi connectivity index (χ0n) is 11.3. The number of hydrogen-bond donors (Lipinski definition) is 1. The first-order valence-corrected chi connectivity index (χ1v) is 7.55. The topological polar surface area (TPSA) is 66.6 Å². The van der Waals surface area contributed by atoms with E-state index in [0.717, 1.165) is 31.8 Å². The van der Waals surface area contributed by atoms with Gasteiger partial charge in [-0.3, -0.25) is 10.1 Å². The summed E-state index contributed by atoms with van der Waals surface area (Å²) in [7, 11) is 0. The van der Waals surface area contributed by atoms with E-state index >= 15 is 0 Å². The minimum Gasteiger partial charge on any atom is -0.388 e. The second-order valence-electron chi connectivity index (χ2n) is 5.11. The van der Waals surface area contributed by atoms with Crippen molar-refractivity contribution in [3.63, 3.8) is 0 Å². The summed E-state index contributed by atoms with van der Waals surface area (Å²) < 4.78 is 0. The van der Waals surface area contributed by atoms with E-state index < -0.39 is 6.10 Å². The third-order valence-corrected chi connectivity index (χ3v) is 5.16. The molecule has 1 atom stereocenters. The predicted molar refractivity (Wildman–Crippen MR) is 76.8 cm³/mol. The molecule has 1 aromatic rings. The maximum atomic E-state index is 11.1. The zero-order valence-corrected chi connectivity index (χ0v) is 12.2. The molecule has 2 rings (SSSR count). The number of aliphatic hydroxyl groups excluding tert-OH is 1. The van der Waals surface area contributed by atoms with Gasteiger partial charge in [0.1, 0.15) is 0 Å². The molecule has 0 aromatic carbocycles. The van der Waals surface area contributed by atoms with E-state index in [-0.39, 0.29) is 10.6 Å². The molecule has 2 heterocycles. The van der Waals surface area contributed by atoms with E-state index in [0.29, 0.717) is 9.88 Å². The Bertz CT molecular complexity index is 451. The number of piperidine rings is 1. The van der Waals surface area contributed by atoms with Crippen LogP contribution in [0.5, 0.6) is 0 Å². The summed E-state index contributed by atoms with van der Waals surface area (Å²) in [5, 5.41) is 21.4. The van der Waals surface area contributed by atoms with Crippen molar-refractivity contribution in [3.05, 3.63) is 21.1 Å². The Labute approximate surface area is 117 Å². The molecule has 1 aliphatic rings. The molecule has 1 aromatic heterocycles. The Hall–Kier alpha value is -1.14. The van der Waals surface area contributed by atoms with Crippen LogP contribution in [0.2, 0.25) is 0 Å². The van der Waals surface area contributed by atoms with E-state index in [9.17, 15) is 15.2 Å². The van der Waals surface area contributed by atoms with Gasteiger partial charge < -0.3 is 10.0 Å². The lowest BCUT2D eigenvalue weighted by Gasteiger charge is -2.31. The summed E-state index contributed by atoms with van der Waals surface area (Å²) in [5.41, 5.74) is 0.135. The van der Waals surface area contributed by atoms with Crippen LogP contribution in [-0.2, 0) is 0 Å². The molecular formula is C13H20N2O3S. The van der Waals surface area contributed by atoms with E-state index in [4.69, 9.17) is 0 Å². The van der Waals surface area contributed by atoms with Crippen molar-refractivity contribution in [1.29, 1.82) is 0 Å². The summed E-state index contributed by atoms with van der Waals surface area (Å²) >= 11 is 1.35.